The lowest BCUT2D eigenvalue weighted by Crippen LogP contribution is -2.42. The van der Waals surface area contributed by atoms with Gasteiger partial charge in [-0.3, -0.25) is 0 Å². The van der Waals surface area contributed by atoms with Crippen molar-refractivity contribution in [2.45, 2.75) is 48.8 Å². The molecule has 1 aliphatic rings. The van der Waals surface area contributed by atoms with Crippen LogP contribution in [-0.2, 0) is 14.2 Å². The maximum Gasteiger partial charge on any atom is 0.410 e. The average Bonchev–Trinajstić information content (AvgIpc) is 3.56. The van der Waals surface area contributed by atoms with Gasteiger partial charge in [0.15, 0.2) is 0 Å². The zero-order valence-corrected chi connectivity index (χ0v) is 29.9. The summed E-state index contributed by atoms with van der Waals surface area (Å²) in [4.78, 5) is 32.8. The first kappa shape index (κ1) is 35.7. The van der Waals surface area contributed by atoms with Gasteiger partial charge in [-0.25, -0.2) is 19.0 Å². The van der Waals surface area contributed by atoms with E-state index in [0.717, 1.165) is 16.7 Å². The summed E-state index contributed by atoms with van der Waals surface area (Å²) in [5.74, 6) is -0.717. The van der Waals surface area contributed by atoms with Gasteiger partial charge in [0.1, 0.15) is 18.0 Å². The largest absolute Gasteiger partial charge is 0.475 e. The molecule has 1 fully saturated rings. The summed E-state index contributed by atoms with van der Waals surface area (Å²) < 4.78 is 30.3. The number of hydrogen-bond donors (Lipinski definition) is 0. The lowest BCUT2D eigenvalue weighted by atomic mass is 9.84. The van der Waals surface area contributed by atoms with Gasteiger partial charge < -0.3 is 19.1 Å². The van der Waals surface area contributed by atoms with Crippen LogP contribution in [0.1, 0.15) is 54.2 Å². The molecule has 1 saturated heterocycles. The van der Waals surface area contributed by atoms with Gasteiger partial charge in [0, 0.05) is 23.4 Å². The van der Waals surface area contributed by atoms with E-state index in [2.05, 4.69) is 77.8 Å². The van der Waals surface area contributed by atoms with E-state index in [1.807, 2.05) is 50.7 Å². The van der Waals surface area contributed by atoms with E-state index < -0.39 is 28.2 Å². The van der Waals surface area contributed by atoms with Gasteiger partial charge in [0.05, 0.1) is 29.2 Å². The Morgan fingerprint density at radius 1 is 0.804 bits per heavy atom. The molecule has 1 aromatic heterocycles. The van der Waals surface area contributed by atoms with Crippen LogP contribution < -0.4 is 4.74 Å². The standard InChI is InChI=1S/C42H41FN2O5S/c1-41(2,3)50-40(47)45-27-35(51-42(30-14-8-5-9-15-30,31-16-10-6-11-17-31)32-18-12-7-13-19-32)26-34(45)28-49-37-25-24-36(39(46)48-4)38(44-37)29-20-22-33(43)23-21-29/h5-25,34-35H,26-28H2,1-4H3. The number of rotatable bonds is 10. The van der Waals surface area contributed by atoms with Crippen molar-refractivity contribution in [3.05, 3.63) is 155 Å². The molecule has 5 aromatic rings. The Morgan fingerprint density at radius 3 is 1.86 bits per heavy atom. The Balaban J connectivity index is 1.34. The molecule has 262 valence electrons. The van der Waals surface area contributed by atoms with Crippen LogP contribution in [0.2, 0.25) is 0 Å². The molecule has 1 amide bonds. The topological polar surface area (TPSA) is 78.0 Å². The number of thioether (sulfide) groups is 1. The number of nitrogens with zero attached hydrogens (tertiary/aromatic N) is 2. The minimum Gasteiger partial charge on any atom is -0.475 e. The highest BCUT2D eigenvalue weighted by molar-refractivity contribution is 8.01. The fourth-order valence-electron chi connectivity index (χ4n) is 6.44. The normalized spacial score (nSPS) is 16.1. The summed E-state index contributed by atoms with van der Waals surface area (Å²) in [6.45, 7) is 6.14. The van der Waals surface area contributed by atoms with Crippen molar-refractivity contribution in [2.75, 3.05) is 20.3 Å². The molecule has 6 rings (SSSR count). The summed E-state index contributed by atoms with van der Waals surface area (Å²) in [6, 6.07) is 40.0. The number of aromatic nitrogens is 1. The minimum atomic E-state index is -0.690. The molecule has 2 atom stereocenters. The fourth-order valence-corrected chi connectivity index (χ4v) is 8.31. The number of carbonyl (C=O) groups excluding carboxylic acids is 2. The van der Waals surface area contributed by atoms with Crippen LogP contribution >= 0.6 is 11.8 Å². The second-order valence-electron chi connectivity index (χ2n) is 13.4. The van der Waals surface area contributed by atoms with E-state index in [4.69, 9.17) is 14.2 Å². The summed E-state index contributed by atoms with van der Waals surface area (Å²) >= 11 is 1.83. The van der Waals surface area contributed by atoms with Crippen molar-refractivity contribution in [3.8, 4) is 17.1 Å². The van der Waals surface area contributed by atoms with Crippen LogP contribution in [0.25, 0.3) is 11.3 Å². The lowest BCUT2D eigenvalue weighted by Gasteiger charge is -2.37. The van der Waals surface area contributed by atoms with Gasteiger partial charge in [-0.15, -0.1) is 11.8 Å². The van der Waals surface area contributed by atoms with Gasteiger partial charge in [-0.2, -0.15) is 0 Å². The van der Waals surface area contributed by atoms with Crippen molar-refractivity contribution in [1.29, 1.82) is 0 Å². The predicted molar refractivity (Wildman–Crippen MR) is 198 cm³/mol. The number of methoxy groups -OCH3 is 1. The maximum atomic E-state index is 13.8. The molecular weight excluding hydrogens is 664 g/mol. The third-order valence-electron chi connectivity index (χ3n) is 8.70. The highest BCUT2D eigenvalue weighted by atomic mass is 32.2. The fraction of sp³-hybridized carbons (Fsp3) is 0.262. The molecule has 0 radical (unpaired) electrons. The number of likely N-dealkylation sites (tertiary alicyclic amines) is 1. The SMILES string of the molecule is COC(=O)c1ccc(OCC2CC(SC(c3ccccc3)(c3ccccc3)c3ccccc3)CN2C(=O)OC(C)(C)C)nc1-c1ccc(F)cc1. The Hall–Kier alpha value is -5.15. The van der Waals surface area contributed by atoms with Crippen molar-refractivity contribution in [1.82, 2.24) is 9.88 Å². The van der Waals surface area contributed by atoms with Crippen molar-refractivity contribution >= 4 is 23.8 Å². The molecule has 0 bridgehead atoms. The monoisotopic (exact) mass is 704 g/mol. The van der Waals surface area contributed by atoms with Gasteiger partial charge in [0.2, 0.25) is 5.88 Å². The molecule has 0 saturated carbocycles. The van der Waals surface area contributed by atoms with E-state index in [1.54, 1.807) is 29.2 Å². The van der Waals surface area contributed by atoms with E-state index in [0.29, 0.717) is 24.2 Å². The first-order valence-electron chi connectivity index (χ1n) is 16.9. The zero-order chi connectivity index (χ0) is 36.0. The summed E-state index contributed by atoms with van der Waals surface area (Å²) in [5, 5.41) is -0.00354. The molecule has 4 aromatic carbocycles. The van der Waals surface area contributed by atoms with Crippen molar-refractivity contribution in [2.24, 2.45) is 0 Å². The summed E-state index contributed by atoms with van der Waals surface area (Å²) in [7, 11) is 1.29. The Kier molecular flexibility index (Phi) is 10.8. The van der Waals surface area contributed by atoms with Gasteiger partial charge >= 0.3 is 12.1 Å². The Bertz CT molecular complexity index is 1840. The predicted octanol–water partition coefficient (Wildman–Crippen LogP) is 9.16. The smallest absolute Gasteiger partial charge is 0.410 e. The molecule has 0 spiro atoms. The van der Waals surface area contributed by atoms with Crippen LogP contribution in [0.5, 0.6) is 5.88 Å². The van der Waals surface area contributed by atoms with Crippen molar-refractivity contribution < 1.29 is 28.2 Å². The Labute approximate surface area is 302 Å². The third-order valence-corrected chi connectivity index (χ3v) is 10.4. The van der Waals surface area contributed by atoms with Crippen LogP contribution in [0.15, 0.2) is 127 Å². The number of hydrogen-bond acceptors (Lipinski definition) is 7. The van der Waals surface area contributed by atoms with E-state index in [9.17, 15) is 14.0 Å². The average molecular weight is 705 g/mol. The van der Waals surface area contributed by atoms with Crippen LogP contribution in [0, 0.1) is 5.82 Å². The molecule has 9 heteroatoms. The van der Waals surface area contributed by atoms with Gasteiger partial charge in [-0.05, 0) is 74.2 Å². The molecule has 51 heavy (non-hydrogen) atoms. The molecule has 1 aliphatic heterocycles. The van der Waals surface area contributed by atoms with E-state index >= 15 is 0 Å². The maximum absolute atomic E-state index is 13.8. The molecule has 2 heterocycles. The molecule has 0 N–H and O–H groups in total. The number of esters is 1. The molecule has 7 nitrogen and oxygen atoms in total. The number of carbonyl (C=O) groups is 2. The minimum absolute atomic E-state index is 0.00354. The van der Waals surface area contributed by atoms with Crippen LogP contribution in [0.3, 0.4) is 0 Å². The second kappa shape index (κ2) is 15.4. The number of halogens is 1. The quantitative estimate of drug-likeness (QED) is 0.106. The van der Waals surface area contributed by atoms with Gasteiger partial charge in [-0.1, -0.05) is 91.0 Å². The van der Waals surface area contributed by atoms with Gasteiger partial charge in [0.25, 0.3) is 0 Å². The zero-order valence-electron chi connectivity index (χ0n) is 29.1. The molecule has 2 unspecified atom stereocenters. The number of benzene rings is 4. The number of ether oxygens (including phenoxy) is 3. The first-order chi connectivity index (χ1) is 24.6. The van der Waals surface area contributed by atoms with E-state index in [-0.39, 0.29) is 29.3 Å². The highest BCUT2D eigenvalue weighted by Gasteiger charge is 2.45. The number of amides is 1. The first-order valence-corrected chi connectivity index (χ1v) is 17.8. The molecule has 0 aliphatic carbocycles. The summed E-state index contributed by atoms with van der Waals surface area (Å²) in [5.41, 5.74) is 3.79. The van der Waals surface area contributed by atoms with Crippen molar-refractivity contribution in [3.63, 3.8) is 0 Å². The Morgan fingerprint density at radius 2 is 1.35 bits per heavy atom. The van der Waals surface area contributed by atoms with Crippen LogP contribution in [0.4, 0.5) is 9.18 Å². The molecular formula is C42H41FN2O5S. The summed E-state index contributed by atoms with van der Waals surface area (Å²) in [6.07, 6.45) is 0.216. The second-order valence-corrected chi connectivity index (χ2v) is 14.9. The van der Waals surface area contributed by atoms with Crippen LogP contribution in [-0.4, -0.2) is 59.1 Å². The highest BCUT2D eigenvalue weighted by Crippen LogP contribution is 2.52. The van der Waals surface area contributed by atoms with E-state index in [1.165, 1.54) is 19.2 Å². The third kappa shape index (κ3) is 8.10. The number of pyridine rings is 1. The lowest BCUT2D eigenvalue weighted by molar-refractivity contribution is 0.0185.